The molecule has 4 aromatic carbocycles. The van der Waals surface area contributed by atoms with Gasteiger partial charge < -0.3 is 17.7 Å². The Morgan fingerprint density at radius 3 is 0.953 bits per heavy atom. The number of pyridine rings is 8. The first-order valence-corrected chi connectivity index (χ1v) is 35.5. The highest BCUT2D eigenvalue weighted by atomic mass is 16.4. The van der Waals surface area contributed by atoms with Gasteiger partial charge in [-0.05, 0) is 178 Å². The first-order valence-electron chi connectivity index (χ1n) is 46.0. The Hall–Kier alpha value is -10.7. The van der Waals surface area contributed by atoms with Crippen LogP contribution >= 0.6 is 0 Å². The molecule has 0 aliphatic carbocycles. The van der Waals surface area contributed by atoms with Crippen molar-refractivity contribution < 1.29 is 64.7 Å². The third-order valence-corrected chi connectivity index (χ3v) is 19.7. The molecule has 5 unspecified atom stereocenters. The minimum absolute atomic E-state index is 0.0474. The van der Waals surface area contributed by atoms with Crippen molar-refractivity contribution in [2.24, 2.45) is 34.1 Å². The first-order chi connectivity index (χ1) is 58.7. The Morgan fingerprint density at radius 2 is 0.632 bits per heavy atom. The molecule has 12 heteroatoms. The van der Waals surface area contributed by atoms with Crippen LogP contribution in [0.5, 0.6) is 0 Å². The van der Waals surface area contributed by atoms with Crippen LogP contribution in [-0.4, -0.2) is 19.9 Å². The largest absolute Gasteiger partial charge is 0.437 e. The van der Waals surface area contributed by atoms with Crippen molar-refractivity contribution in [2.75, 3.05) is 0 Å². The third kappa shape index (κ3) is 14.3. The van der Waals surface area contributed by atoms with Crippen LogP contribution in [0.25, 0.3) is 133 Å². The van der Waals surface area contributed by atoms with E-state index in [1.807, 2.05) is 154 Å². The SMILES string of the molecule is [2H]C(C)(C)c1ccc2c(n1)oc1c(-c3ccc(C([2H])(C)C([2H])([2H])[2H])c[n+]3C)c(C)ccc12.[2H]C([2H])([2H])C([2H])(C)Cc1ccc2c(n1)oc1c(-c3ccc(C([2H])(C)C([2H])([2H])[2H])c[n+]3C)c(C)ccc12.[2H]C([2H])([2H])C([2H])(C)c1ccc(-c2c(C)ccc3c2oc2nc(C)ccc23)[n+](C)c1.[2H]C([2H])([2H])C([2H])(C)c1ccc(-c2c(C)ccc3c2oc2nc(CC)ccc23)[n+](C)c1. The lowest BCUT2D eigenvalue weighted by atomic mass is 9.99. The summed E-state index contributed by atoms with van der Waals surface area (Å²) < 4.78 is 198. The maximum atomic E-state index is 8.41. The summed E-state index contributed by atoms with van der Waals surface area (Å²) >= 11 is 0. The Kier molecular flexibility index (Phi) is 14.6. The summed E-state index contributed by atoms with van der Waals surface area (Å²) in [5.41, 5.74) is 20.6. The van der Waals surface area contributed by atoms with Gasteiger partial charge in [-0.3, -0.25) is 0 Å². The highest BCUT2D eigenvalue weighted by Crippen LogP contribution is 2.42. The van der Waals surface area contributed by atoms with Gasteiger partial charge in [0.05, 0.1) is 22.3 Å². The third-order valence-electron chi connectivity index (χ3n) is 19.7. The van der Waals surface area contributed by atoms with E-state index in [-0.39, 0.29) is 6.42 Å². The number of aromatic nitrogens is 8. The predicted octanol–water partition coefficient (Wildman–Crippen LogP) is 22.8. The summed E-state index contributed by atoms with van der Waals surface area (Å²) in [5.74, 6) is -9.37. The fraction of sp³-hybridized carbons (Fsp3) is 0.319. The lowest BCUT2D eigenvalue weighted by Crippen LogP contribution is -2.31. The number of nitrogens with zero attached hydrogens (tertiary/aromatic N) is 8. The molecule has 0 spiro atoms. The minimum Gasteiger partial charge on any atom is -0.437 e. The summed E-state index contributed by atoms with van der Waals surface area (Å²) in [6.07, 6.45) is 7.60. The zero-order valence-electron chi connectivity index (χ0n) is 84.3. The number of rotatable bonds is 12. The lowest BCUT2D eigenvalue weighted by Gasteiger charge is -2.08. The van der Waals surface area contributed by atoms with Gasteiger partial charge in [0, 0.05) is 141 Å². The van der Waals surface area contributed by atoms with Gasteiger partial charge in [-0.15, -0.1) is 0 Å². The number of hydrogen-bond donors (Lipinski definition) is 0. The van der Waals surface area contributed by atoms with E-state index < -0.39 is 69.6 Å². The molecule has 0 aliphatic heterocycles. The van der Waals surface area contributed by atoms with Gasteiger partial charge in [-0.2, -0.15) is 0 Å². The minimum atomic E-state index is -2.48. The van der Waals surface area contributed by atoms with E-state index in [0.29, 0.717) is 67.7 Å². The van der Waals surface area contributed by atoms with E-state index in [9.17, 15) is 0 Å². The molecule has 12 aromatic heterocycles. The molecular weight excluding hydrogens is 1310 g/mol. The molecule has 106 heavy (non-hydrogen) atoms. The fourth-order valence-electron chi connectivity index (χ4n) is 13.9. The fourth-order valence-corrected chi connectivity index (χ4v) is 13.9. The Morgan fingerprint density at radius 1 is 0.330 bits per heavy atom. The van der Waals surface area contributed by atoms with Crippen LogP contribution in [-0.2, 0) is 41.0 Å². The maximum Gasteiger partial charge on any atom is 0.227 e. The van der Waals surface area contributed by atoms with Gasteiger partial charge >= 0.3 is 0 Å². The second kappa shape index (κ2) is 30.0. The van der Waals surface area contributed by atoms with E-state index in [1.165, 1.54) is 34.6 Å². The van der Waals surface area contributed by atoms with Crippen LogP contribution in [0.15, 0.2) is 188 Å². The average Bonchev–Trinajstić information content (AvgIpc) is 1.58. The van der Waals surface area contributed by atoms with Crippen LogP contribution in [0.2, 0.25) is 0 Å². The quantitative estimate of drug-likeness (QED) is 0.111. The van der Waals surface area contributed by atoms with Crippen LogP contribution in [0.4, 0.5) is 0 Å². The van der Waals surface area contributed by atoms with Crippen LogP contribution in [0.1, 0.15) is 215 Å². The van der Waals surface area contributed by atoms with E-state index >= 15 is 0 Å². The molecule has 0 fully saturated rings. The Bertz CT molecular complexity index is 7000. The topological polar surface area (TPSA) is 120 Å². The molecule has 5 atom stereocenters. The zero-order chi connectivity index (χ0) is 93.5. The molecular formula is C94H104N8O4+4. The van der Waals surface area contributed by atoms with Crippen molar-refractivity contribution in [1.82, 2.24) is 19.9 Å². The lowest BCUT2D eigenvalue weighted by molar-refractivity contribution is -0.661. The summed E-state index contributed by atoms with van der Waals surface area (Å²) in [4.78, 5) is 18.3. The molecule has 0 saturated carbocycles. The molecule has 16 rings (SSSR count). The summed E-state index contributed by atoms with van der Waals surface area (Å²) in [5, 5.41) is 7.36. The van der Waals surface area contributed by atoms with Crippen molar-refractivity contribution in [1.29, 1.82) is 0 Å². The molecule has 16 aromatic rings. The molecule has 0 aliphatic rings. The van der Waals surface area contributed by atoms with Crippen molar-refractivity contribution in [3.8, 4) is 45.0 Å². The normalized spacial score (nSPS) is 18.3. The first kappa shape index (κ1) is 51.5. The molecule has 0 bridgehead atoms. The van der Waals surface area contributed by atoms with Gasteiger partial charge in [0.25, 0.3) is 0 Å². The van der Waals surface area contributed by atoms with Gasteiger partial charge in [0.1, 0.15) is 28.2 Å². The molecule has 0 saturated heterocycles. The van der Waals surface area contributed by atoms with E-state index in [1.54, 1.807) is 86.6 Å². The number of furan rings is 4. The summed E-state index contributed by atoms with van der Waals surface area (Å²) in [6, 6.07) is 45.8. The molecule has 12 heterocycles. The number of aryl methyl sites for hydroxylation is 10. The second-order valence-electron chi connectivity index (χ2n) is 28.1. The number of hydrogen-bond acceptors (Lipinski definition) is 8. The molecule has 0 radical (unpaired) electrons. The van der Waals surface area contributed by atoms with Crippen LogP contribution < -0.4 is 18.3 Å². The number of benzene rings is 4. The smallest absolute Gasteiger partial charge is 0.227 e. The van der Waals surface area contributed by atoms with Gasteiger partial charge in [0.15, 0.2) is 47.1 Å². The molecule has 540 valence electrons. The van der Waals surface area contributed by atoms with Crippen molar-refractivity contribution in [3.63, 3.8) is 0 Å². The van der Waals surface area contributed by atoms with Gasteiger partial charge in [0.2, 0.25) is 45.6 Å². The highest BCUT2D eigenvalue weighted by molar-refractivity contribution is 6.12. The van der Waals surface area contributed by atoms with E-state index in [2.05, 4.69) is 51.1 Å². The zero-order valence-corrected chi connectivity index (χ0v) is 63.3. The van der Waals surface area contributed by atoms with Crippen molar-refractivity contribution >= 4 is 88.3 Å². The number of fused-ring (bicyclic) bond motifs is 12. The Balaban J connectivity index is 0.000000145. The van der Waals surface area contributed by atoms with E-state index in [0.717, 1.165) is 139 Å². The van der Waals surface area contributed by atoms with Gasteiger partial charge in [-0.25, -0.2) is 38.2 Å². The van der Waals surface area contributed by atoms with Crippen molar-refractivity contribution in [2.45, 2.75) is 167 Å². The second-order valence-corrected chi connectivity index (χ2v) is 28.1. The van der Waals surface area contributed by atoms with Crippen LogP contribution in [0.3, 0.4) is 0 Å². The monoisotopic (exact) mass is 1430 g/mol. The molecule has 0 N–H and O–H groups in total. The predicted molar refractivity (Wildman–Crippen MR) is 435 cm³/mol. The molecule has 0 amide bonds. The van der Waals surface area contributed by atoms with Gasteiger partial charge in [-0.1, -0.05) is 138 Å². The highest BCUT2D eigenvalue weighted by Gasteiger charge is 2.27. The van der Waals surface area contributed by atoms with Crippen LogP contribution in [0, 0.1) is 40.5 Å². The standard InChI is InChI=1S/C25H29N2O.C24H27N2O.C23H25N2O.C22H23N2O/c1-15(2)13-19-9-11-21-20-10-7-17(5)23(24(20)28-25(21)26-19)22-12-8-18(16(3)4)14-27(22)6;1-14(2)17-8-12-21(26(6)13-17)22-16(5)7-9-18-19-10-11-20(15(3)4)25-24(19)27-23(18)22;1-6-17-9-11-19-18-10-7-15(4)21(22(18)26-23(19)24-17)20-12-8-16(14(2)3)13-25(20)5;1-13(2)16-8-11-19(24(5)12-16)20-14(3)6-9-17-18-10-7-15(4)23-22(18)25-21(17)20/h7-12,14-16H,13H2,1-6H3;7-15H,1-6H3;7-14H,6H2,1-5H3;6-13H,1-5H3/q4*+1/i1D3,3D3,15D,16D;1D3,14D,15D;2D3,14D;1D3,13D. The Labute approximate surface area is 654 Å². The average molecular weight is 1430 g/mol. The molecule has 12 nitrogen and oxygen atoms in total. The summed E-state index contributed by atoms with van der Waals surface area (Å²) in [6.45, 7) is 10.4. The maximum absolute atomic E-state index is 8.41. The van der Waals surface area contributed by atoms with Crippen molar-refractivity contribution in [3.05, 3.63) is 238 Å². The summed E-state index contributed by atoms with van der Waals surface area (Å²) in [7, 11) is 7.37. The van der Waals surface area contributed by atoms with E-state index in [4.69, 9.17) is 46.5 Å².